The molecule has 0 heterocycles. The molecular formula is C11H13NO6. The van der Waals surface area contributed by atoms with Gasteiger partial charge in [0, 0.05) is 19.1 Å². The number of carbonyl (C=O) groups is 2. The van der Waals surface area contributed by atoms with Crippen LogP contribution in [0.3, 0.4) is 0 Å². The fourth-order valence-corrected chi connectivity index (χ4v) is 0.934. The van der Waals surface area contributed by atoms with Crippen LogP contribution in [-0.4, -0.2) is 28.6 Å². The lowest BCUT2D eigenvalue weighted by Crippen LogP contribution is -2.04. The summed E-state index contributed by atoms with van der Waals surface area (Å²) >= 11 is 0. The summed E-state index contributed by atoms with van der Waals surface area (Å²) in [5.74, 6) is -1.30. The summed E-state index contributed by atoms with van der Waals surface area (Å²) in [6.45, 7) is 3.07. The lowest BCUT2D eigenvalue weighted by molar-refractivity contribution is -0.384. The third kappa shape index (κ3) is 6.21. The Morgan fingerprint density at radius 1 is 1.33 bits per heavy atom. The van der Waals surface area contributed by atoms with Gasteiger partial charge in [-0.15, -0.1) is 0 Å². The van der Waals surface area contributed by atoms with E-state index in [9.17, 15) is 14.9 Å². The number of carbonyl (C=O) groups excluding carboxylic acids is 1. The highest BCUT2D eigenvalue weighted by Gasteiger charge is 2.09. The monoisotopic (exact) mass is 255 g/mol. The minimum atomic E-state index is -0.833. The van der Waals surface area contributed by atoms with Crippen LogP contribution in [0.15, 0.2) is 24.3 Å². The fourth-order valence-electron chi connectivity index (χ4n) is 0.934. The van der Waals surface area contributed by atoms with Gasteiger partial charge in [-0.1, -0.05) is 0 Å². The number of carboxylic acids is 1. The van der Waals surface area contributed by atoms with Crippen molar-refractivity contribution >= 4 is 17.6 Å². The summed E-state index contributed by atoms with van der Waals surface area (Å²) in [5.41, 5.74) is 0.274. The highest BCUT2D eigenvalue weighted by Crippen LogP contribution is 2.12. The van der Waals surface area contributed by atoms with Gasteiger partial charge < -0.3 is 9.84 Å². The number of hydrogen-bond donors (Lipinski definition) is 1. The van der Waals surface area contributed by atoms with Gasteiger partial charge in [0.25, 0.3) is 11.7 Å². The van der Waals surface area contributed by atoms with Crippen molar-refractivity contribution in [3.63, 3.8) is 0 Å². The Balaban J connectivity index is 0.000000631. The van der Waals surface area contributed by atoms with Crippen LogP contribution in [0.25, 0.3) is 0 Å². The van der Waals surface area contributed by atoms with Gasteiger partial charge in [0.15, 0.2) is 0 Å². The Morgan fingerprint density at radius 3 is 2.11 bits per heavy atom. The van der Waals surface area contributed by atoms with Crippen molar-refractivity contribution in [1.29, 1.82) is 0 Å². The second kappa shape index (κ2) is 7.77. The van der Waals surface area contributed by atoms with Gasteiger partial charge in [0.2, 0.25) is 0 Å². The molecule has 0 radical (unpaired) electrons. The van der Waals surface area contributed by atoms with Crippen LogP contribution in [0.4, 0.5) is 5.69 Å². The van der Waals surface area contributed by atoms with Gasteiger partial charge in [-0.25, -0.2) is 4.79 Å². The Morgan fingerprint density at radius 2 is 1.78 bits per heavy atom. The second-order valence-corrected chi connectivity index (χ2v) is 3.04. The van der Waals surface area contributed by atoms with Crippen LogP contribution in [0.1, 0.15) is 24.2 Å². The molecule has 7 nitrogen and oxygen atoms in total. The Hall–Kier alpha value is -2.44. The molecule has 1 aromatic carbocycles. The van der Waals surface area contributed by atoms with Gasteiger partial charge in [0.1, 0.15) is 0 Å². The van der Waals surface area contributed by atoms with Gasteiger partial charge in [-0.2, -0.15) is 0 Å². The summed E-state index contributed by atoms with van der Waals surface area (Å²) in [7, 11) is 0. The molecule has 0 bridgehead atoms. The lowest BCUT2D eigenvalue weighted by Gasteiger charge is -2.00. The summed E-state index contributed by atoms with van der Waals surface area (Å²) in [6, 6.07) is 5.28. The quantitative estimate of drug-likeness (QED) is 0.502. The van der Waals surface area contributed by atoms with Crippen molar-refractivity contribution in [1.82, 2.24) is 0 Å². The van der Waals surface area contributed by atoms with Crippen molar-refractivity contribution < 1.29 is 24.4 Å². The van der Waals surface area contributed by atoms with Crippen LogP contribution in [0.5, 0.6) is 0 Å². The van der Waals surface area contributed by atoms with Gasteiger partial charge in [-0.3, -0.25) is 14.9 Å². The van der Waals surface area contributed by atoms with E-state index in [2.05, 4.69) is 0 Å². The number of nitro groups is 1. The van der Waals surface area contributed by atoms with Crippen molar-refractivity contribution in [2.24, 2.45) is 0 Å². The molecule has 1 aromatic rings. The zero-order valence-corrected chi connectivity index (χ0v) is 9.95. The predicted molar refractivity (Wildman–Crippen MR) is 62.4 cm³/mol. The molecule has 18 heavy (non-hydrogen) atoms. The van der Waals surface area contributed by atoms with Gasteiger partial charge in [0.05, 0.1) is 17.1 Å². The second-order valence-electron chi connectivity index (χ2n) is 3.04. The molecule has 0 fully saturated rings. The van der Waals surface area contributed by atoms with Gasteiger partial charge in [-0.05, 0) is 19.1 Å². The molecule has 1 rings (SSSR count). The molecule has 0 atom stereocenters. The fraction of sp³-hybridized carbons (Fsp3) is 0.273. The third-order valence-electron chi connectivity index (χ3n) is 1.59. The van der Waals surface area contributed by atoms with Crippen molar-refractivity contribution in [3.05, 3.63) is 39.9 Å². The molecule has 0 aromatic heterocycles. The van der Waals surface area contributed by atoms with Crippen molar-refractivity contribution in [2.75, 3.05) is 6.61 Å². The molecule has 0 spiro atoms. The van der Waals surface area contributed by atoms with Crippen molar-refractivity contribution in [2.45, 2.75) is 13.8 Å². The SMILES string of the molecule is CC(=O)O.CCOC(=O)c1ccc([N+](=O)[O-])cc1. The van der Waals surface area contributed by atoms with E-state index in [1.54, 1.807) is 6.92 Å². The maximum Gasteiger partial charge on any atom is 0.338 e. The van der Waals surface area contributed by atoms with E-state index in [1.165, 1.54) is 24.3 Å². The molecule has 0 saturated carbocycles. The highest BCUT2D eigenvalue weighted by atomic mass is 16.6. The molecule has 1 N–H and O–H groups in total. The number of aliphatic carboxylic acids is 1. The molecule has 0 amide bonds. The van der Waals surface area contributed by atoms with Crippen LogP contribution in [0, 0.1) is 10.1 Å². The van der Waals surface area contributed by atoms with Crippen LogP contribution >= 0.6 is 0 Å². The van der Waals surface area contributed by atoms with Crippen molar-refractivity contribution in [3.8, 4) is 0 Å². The normalized spacial score (nSPS) is 8.78. The number of rotatable bonds is 3. The topological polar surface area (TPSA) is 107 Å². The number of non-ortho nitro benzene ring substituents is 1. The summed E-state index contributed by atoms with van der Waals surface area (Å²) in [6.07, 6.45) is 0. The first-order chi connectivity index (χ1) is 8.38. The number of hydrogen-bond acceptors (Lipinski definition) is 5. The number of ether oxygens (including phenoxy) is 1. The number of benzene rings is 1. The largest absolute Gasteiger partial charge is 0.481 e. The molecule has 0 aliphatic carbocycles. The van der Waals surface area contributed by atoms with E-state index in [-0.39, 0.29) is 12.3 Å². The van der Waals surface area contributed by atoms with Crippen LogP contribution < -0.4 is 0 Å². The summed E-state index contributed by atoms with van der Waals surface area (Å²) < 4.78 is 4.72. The Labute approximate surface area is 103 Å². The minimum absolute atomic E-state index is 0.0435. The molecular weight excluding hydrogens is 242 g/mol. The molecule has 0 unspecified atom stereocenters. The average Bonchev–Trinajstić information content (AvgIpc) is 2.28. The number of esters is 1. The maximum atomic E-state index is 11.1. The summed E-state index contributed by atoms with van der Waals surface area (Å²) in [5, 5.41) is 17.7. The van der Waals surface area contributed by atoms with Gasteiger partial charge >= 0.3 is 5.97 Å². The third-order valence-corrected chi connectivity index (χ3v) is 1.59. The molecule has 7 heteroatoms. The van der Waals surface area contributed by atoms with E-state index in [0.717, 1.165) is 6.92 Å². The zero-order chi connectivity index (χ0) is 14.1. The predicted octanol–water partition coefficient (Wildman–Crippen LogP) is 1.86. The highest BCUT2D eigenvalue weighted by molar-refractivity contribution is 5.89. The Kier molecular flexibility index (Phi) is 6.72. The number of carboxylic acid groups (broad SMARTS) is 1. The first-order valence-electron chi connectivity index (χ1n) is 4.99. The summed E-state index contributed by atoms with van der Waals surface area (Å²) in [4.78, 5) is 29.9. The van der Waals surface area contributed by atoms with E-state index in [0.29, 0.717) is 5.56 Å². The minimum Gasteiger partial charge on any atom is -0.481 e. The maximum absolute atomic E-state index is 11.1. The Bertz CT molecular complexity index is 422. The first kappa shape index (κ1) is 15.6. The van der Waals surface area contributed by atoms with Crippen LogP contribution in [0.2, 0.25) is 0 Å². The van der Waals surface area contributed by atoms with E-state index in [1.807, 2.05) is 0 Å². The number of nitro benzene ring substituents is 1. The zero-order valence-electron chi connectivity index (χ0n) is 9.95. The molecule has 0 saturated heterocycles. The standard InChI is InChI=1S/C9H9NO4.C2H4O2/c1-2-14-9(11)7-3-5-8(6-4-7)10(12)13;1-2(3)4/h3-6H,2H2,1H3;1H3,(H,3,4). The smallest absolute Gasteiger partial charge is 0.338 e. The first-order valence-corrected chi connectivity index (χ1v) is 4.99. The van der Waals surface area contributed by atoms with Crippen LogP contribution in [-0.2, 0) is 9.53 Å². The molecule has 0 aliphatic heterocycles. The average molecular weight is 255 g/mol. The van der Waals surface area contributed by atoms with E-state index < -0.39 is 16.9 Å². The molecule has 98 valence electrons. The number of nitrogens with zero attached hydrogens (tertiary/aromatic N) is 1. The lowest BCUT2D eigenvalue weighted by atomic mass is 10.2. The molecule has 0 aliphatic rings. The van der Waals surface area contributed by atoms with E-state index in [4.69, 9.17) is 14.6 Å². The van der Waals surface area contributed by atoms with E-state index >= 15 is 0 Å².